The Kier molecular flexibility index (Phi) is 7.13. The Balaban J connectivity index is 1.70. The number of anilines is 3. The van der Waals surface area contributed by atoms with Crippen molar-refractivity contribution < 1.29 is 9.47 Å². The Morgan fingerprint density at radius 3 is 2.18 bits per heavy atom. The molecule has 1 heterocycles. The molecule has 3 aromatic carbocycles. The molecule has 0 saturated heterocycles. The summed E-state index contributed by atoms with van der Waals surface area (Å²) in [6.07, 6.45) is 3.05. The minimum Gasteiger partial charge on any atom is -0.493 e. The van der Waals surface area contributed by atoms with Crippen LogP contribution in [-0.2, 0) is 19.4 Å². The highest BCUT2D eigenvalue weighted by molar-refractivity contribution is 5.78. The monoisotopic (exact) mass is 455 g/mol. The Bertz CT molecular complexity index is 1240. The summed E-state index contributed by atoms with van der Waals surface area (Å²) >= 11 is 0. The predicted molar refractivity (Wildman–Crippen MR) is 136 cm³/mol. The number of nitrogens with two attached hydrogens (primary N) is 3. The fraction of sp³-hybridized carbons (Fsp3) is 0.185. The van der Waals surface area contributed by atoms with E-state index < -0.39 is 0 Å². The van der Waals surface area contributed by atoms with Crippen LogP contribution in [0.25, 0.3) is 11.1 Å². The van der Waals surface area contributed by atoms with Crippen LogP contribution in [0.1, 0.15) is 23.6 Å². The first-order chi connectivity index (χ1) is 16.5. The second kappa shape index (κ2) is 10.6. The second-order valence-corrected chi connectivity index (χ2v) is 7.94. The van der Waals surface area contributed by atoms with Crippen molar-refractivity contribution in [3.63, 3.8) is 0 Å². The van der Waals surface area contributed by atoms with Gasteiger partial charge in [0.2, 0.25) is 5.95 Å². The lowest BCUT2D eigenvalue weighted by molar-refractivity contribution is 0.301. The van der Waals surface area contributed by atoms with E-state index in [4.69, 9.17) is 26.7 Å². The van der Waals surface area contributed by atoms with Crippen LogP contribution in [0.5, 0.6) is 11.5 Å². The van der Waals surface area contributed by atoms with Gasteiger partial charge in [-0.05, 0) is 60.7 Å². The zero-order valence-electron chi connectivity index (χ0n) is 19.2. The topological polar surface area (TPSA) is 122 Å². The summed E-state index contributed by atoms with van der Waals surface area (Å²) in [4.78, 5) is 8.13. The smallest absolute Gasteiger partial charge is 0.221 e. The number of nitrogen functional groups attached to an aromatic ring is 3. The Hall–Kier alpha value is -4.26. The number of aryl methyl sites for hydroxylation is 2. The summed E-state index contributed by atoms with van der Waals surface area (Å²) in [5, 5.41) is 0. The molecule has 1 aromatic heterocycles. The molecule has 0 aliphatic rings. The minimum absolute atomic E-state index is 0.171. The summed E-state index contributed by atoms with van der Waals surface area (Å²) in [5.41, 5.74) is 23.1. The molecule has 34 heavy (non-hydrogen) atoms. The highest BCUT2D eigenvalue weighted by Crippen LogP contribution is 2.41. The van der Waals surface area contributed by atoms with Gasteiger partial charge in [-0.2, -0.15) is 4.98 Å². The number of benzene rings is 3. The third-order valence-electron chi connectivity index (χ3n) is 5.46. The first-order valence-electron chi connectivity index (χ1n) is 11.2. The lowest BCUT2D eigenvalue weighted by atomic mass is 9.98. The van der Waals surface area contributed by atoms with Gasteiger partial charge in [-0.3, -0.25) is 0 Å². The molecule has 7 heteroatoms. The molecule has 0 aliphatic carbocycles. The molecule has 174 valence electrons. The van der Waals surface area contributed by atoms with Crippen LogP contribution < -0.4 is 26.7 Å². The van der Waals surface area contributed by atoms with Crippen molar-refractivity contribution in [2.24, 2.45) is 0 Å². The highest BCUT2D eigenvalue weighted by atomic mass is 16.5. The van der Waals surface area contributed by atoms with E-state index in [1.807, 2.05) is 61.5 Å². The average molecular weight is 456 g/mol. The van der Waals surface area contributed by atoms with Gasteiger partial charge in [0, 0.05) is 17.4 Å². The number of aromatic nitrogens is 2. The Morgan fingerprint density at radius 1 is 0.794 bits per heavy atom. The standard InChI is InChI=1S/C27H29N5O2/c1-2-33-23-14-19(8-9-21-16-31-27(30)32-26(21)29)15-24(34-17-18-6-4-3-5-7-18)25(23)20-10-12-22(28)13-11-20/h3-7,10-16H,2,8-9,17,28H2,1H3,(H4,29,30,31,32). The molecular weight excluding hydrogens is 426 g/mol. The quantitative estimate of drug-likeness (QED) is 0.314. The molecule has 6 N–H and O–H groups in total. The van der Waals surface area contributed by atoms with Crippen molar-refractivity contribution in [2.45, 2.75) is 26.4 Å². The van der Waals surface area contributed by atoms with Crippen LogP contribution in [0.15, 0.2) is 72.9 Å². The SMILES string of the molecule is CCOc1cc(CCc2cnc(N)nc2N)cc(OCc2ccccc2)c1-c1ccc(N)cc1. The van der Waals surface area contributed by atoms with E-state index in [-0.39, 0.29) is 5.95 Å². The molecule has 7 nitrogen and oxygen atoms in total. The zero-order valence-corrected chi connectivity index (χ0v) is 19.2. The van der Waals surface area contributed by atoms with E-state index in [1.54, 1.807) is 6.20 Å². The molecule has 0 atom stereocenters. The minimum atomic E-state index is 0.171. The first kappa shape index (κ1) is 22.9. The van der Waals surface area contributed by atoms with E-state index in [1.165, 1.54) is 0 Å². The highest BCUT2D eigenvalue weighted by Gasteiger charge is 2.17. The maximum atomic E-state index is 6.35. The average Bonchev–Trinajstić information content (AvgIpc) is 2.84. The summed E-state index contributed by atoms with van der Waals surface area (Å²) < 4.78 is 12.4. The molecular formula is C27H29N5O2. The third kappa shape index (κ3) is 5.56. The lowest BCUT2D eigenvalue weighted by Gasteiger charge is -2.19. The number of nitrogens with zero attached hydrogens (tertiary/aromatic N) is 2. The Morgan fingerprint density at radius 2 is 1.50 bits per heavy atom. The van der Waals surface area contributed by atoms with Gasteiger partial charge in [-0.25, -0.2) is 4.98 Å². The van der Waals surface area contributed by atoms with E-state index in [2.05, 4.69) is 22.1 Å². The number of hydrogen-bond acceptors (Lipinski definition) is 7. The molecule has 0 bridgehead atoms. The Labute approximate surface area is 199 Å². The maximum Gasteiger partial charge on any atom is 0.221 e. The third-order valence-corrected chi connectivity index (χ3v) is 5.46. The van der Waals surface area contributed by atoms with Gasteiger partial charge >= 0.3 is 0 Å². The van der Waals surface area contributed by atoms with Crippen molar-refractivity contribution in [1.29, 1.82) is 0 Å². The van der Waals surface area contributed by atoms with E-state index >= 15 is 0 Å². The van der Waals surface area contributed by atoms with Crippen LogP contribution in [0.4, 0.5) is 17.5 Å². The second-order valence-electron chi connectivity index (χ2n) is 7.94. The maximum absolute atomic E-state index is 6.35. The van der Waals surface area contributed by atoms with Gasteiger partial charge < -0.3 is 26.7 Å². The van der Waals surface area contributed by atoms with Crippen LogP contribution in [0, 0.1) is 0 Å². The number of ether oxygens (including phenoxy) is 2. The van der Waals surface area contributed by atoms with Crippen LogP contribution >= 0.6 is 0 Å². The normalized spacial score (nSPS) is 10.7. The number of hydrogen-bond donors (Lipinski definition) is 3. The fourth-order valence-corrected chi connectivity index (χ4v) is 3.75. The van der Waals surface area contributed by atoms with Gasteiger partial charge in [-0.15, -0.1) is 0 Å². The van der Waals surface area contributed by atoms with Crippen molar-refractivity contribution in [3.8, 4) is 22.6 Å². The van der Waals surface area contributed by atoms with Crippen molar-refractivity contribution >= 4 is 17.5 Å². The van der Waals surface area contributed by atoms with Gasteiger partial charge in [0.15, 0.2) is 0 Å². The van der Waals surface area contributed by atoms with Crippen LogP contribution in [0.3, 0.4) is 0 Å². The molecule has 0 spiro atoms. The van der Waals surface area contributed by atoms with Gasteiger partial charge in [0.25, 0.3) is 0 Å². The largest absolute Gasteiger partial charge is 0.493 e. The summed E-state index contributed by atoms with van der Waals surface area (Å²) in [7, 11) is 0. The molecule has 0 radical (unpaired) electrons. The molecule has 0 saturated carbocycles. The number of rotatable bonds is 9. The van der Waals surface area contributed by atoms with E-state index in [0.717, 1.165) is 39.3 Å². The molecule has 0 aliphatic heterocycles. The molecule has 0 fully saturated rings. The summed E-state index contributed by atoms with van der Waals surface area (Å²) in [6.45, 7) is 2.94. The predicted octanol–water partition coefficient (Wildman–Crippen LogP) is 4.65. The van der Waals surface area contributed by atoms with Gasteiger partial charge in [0.1, 0.15) is 23.9 Å². The van der Waals surface area contributed by atoms with Gasteiger partial charge in [-0.1, -0.05) is 42.5 Å². The molecule has 0 unspecified atom stereocenters. The van der Waals surface area contributed by atoms with Crippen LogP contribution in [-0.4, -0.2) is 16.6 Å². The molecule has 0 amide bonds. The summed E-state index contributed by atoms with van der Waals surface area (Å²) in [5.74, 6) is 2.08. The zero-order chi connectivity index (χ0) is 23.9. The lowest BCUT2D eigenvalue weighted by Crippen LogP contribution is -2.05. The van der Waals surface area contributed by atoms with Gasteiger partial charge in [0.05, 0.1) is 12.2 Å². The molecule has 4 rings (SSSR count). The molecule has 4 aromatic rings. The fourth-order valence-electron chi connectivity index (χ4n) is 3.75. The van der Waals surface area contributed by atoms with Crippen molar-refractivity contribution in [3.05, 3.63) is 89.6 Å². The van der Waals surface area contributed by atoms with E-state index in [9.17, 15) is 0 Å². The van der Waals surface area contributed by atoms with Crippen molar-refractivity contribution in [2.75, 3.05) is 23.8 Å². The first-order valence-corrected chi connectivity index (χ1v) is 11.2. The summed E-state index contributed by atoms with van der Waals surface area (Å²) in [6, 6.07) is 21.9. The van der Waals surface area contributed by atoms with E-state index in [0.29, 0.717) is 37.6 Å². The van der Waals surface area contributed by atoms with Crippen molar-refractivity contribution in [1.82, 2.24) is 9.97 Å². The van der Waals surface area contributed by atoms with Crippen LogP contribution in [0.2, 0.25) is 0 Å².